The Bertz CT molecular complexity index is 596. The van der Waals surface area contributed by atoms with Crippen molar-refractivity contribution in [3.63, 3.8) is 0 Å². The van der Waals surface area contributed by atoms with Gasteiger partial charge in [-0.05, 0) is 31.5 Å². The maximum Gasteiger partial charge on any atom is 0.227 e. The standard InChI is InChI=1S/C14H15N3O/c1-9-8-15-14(16-10(9)2)17-12-4-3-5-13-11(12)6-7-18-13/h3-5,8H,6-7H2,1-2H3,(H,15,16,17). The summed E-state index contributed by atoms with van der Waals surface area (Å²) < 4.78 is 5.54. The van der Waals surface area contributed by atoms with Crippen molar-refractivity contribution in [2.24, 2.45) is 0 Å². The average molecular weight is 241 g/mol. The lowest BCUT2D eigenvalue weighted by Crippen LogP contribution is -2.01. The molecule has 2 heterocycles. The van der Waals surface area contributed by atoms with Gasteiger partial charge in [-0.15, -0.1) is 0 Å². The third-order valence-corrected chi connectivity index (χ3v) is 3.21. The zero-order valence-corrected chi connectivity index (χ0v) is 10.5. The lowest BCUT2D eigenvalue weighted by Gasteiger charge is -2.09. The van der Waals surface area contributed by atoms with Crippen LogP contribution in [0.15, 0.2) is 24.4 Å². The monoisotopic (exact) mass is 241 g/mol. The first-order valence-corrected chi connectivity index (χ1v) is 6.06. The normalized spacial score (nSPS) is 13.0. The summed E-state index contributed by atoms with van der Waals surface area (Å²) in [5, 5.41) is 3.27. The van der Waals surface area contributed by atoms with E-state index in [9.17, 15) is 0 Å². The number of aryl methyl sites for hydroxylation is 2. The van der Waals surface area contributed by atoms with Crippen LogP contribution in [0.3, 0.4) is 0 Å². The van der Waals surface area contributed by atoms with Gasteiger partial charge in [0.25, 0.3) is 0 Å². The molecule has 0 amide bonds. The lowest BCUT2D eigenvalue weighted by atomic mass is 10.1. The Kier molecular flexibility index (Phi) is 2.63. The number of nitrogens with zero attached hydrogens (tertiary/aromatic N) is 2. The second-order valence-corrected chi connectivity index (χ2v) is 4.47. The second-order valence-electron chi connectivity index (χ2n) is 4.47. The zero-order valence-electron chi connectivity index (χ0n) is 10.5. The quantitative estimate of drug-likeness (QED) is 0.878. The molecular weight excluding hydrogens is 226 g/mol. The molecule has 1 aliphatic heterocycles. The molecule has 1 aromatic carbocycles. The first-order chi connectivity index (χ1) is 8.74. The molecule has 0 fully saturated rings. The minimum absolute atomic E-state index is 0.637. The molecule has 1 aromatic heterocycles. The fraction of sp³-hybridized carbons (Fsp3) is 0.286. The lowest BCUT2D eigenvalue weighted by molar-refractivity contribution is 0.357. The number of rotatable bonds is 2. The third kappa shape index (κ3) is 1.90. The number of ether oxygens (including phenoxy) is 1. The molecule has 0 atom stereocenters. The summed E-state index contributed by atoms with van der Waals surface area (Å²) in [6, 6.07) is 6.01. The predicted molar refractivity (Wildman–Crippen MR) is 70.4 cm³/mol. The SMILES string of the molecule is Cc1cnc(Nc2cccc3c2CCO3)nc1C. The van der Waals surface area contributed by atoms with Gasteiger partial charge in [0.05, 0.1) is 6.61 Å². The molecule has 4 nitrogen and oxygen atoms in total. The second kappa shape index (κ2) is 4.29. The number of anilines is 2. The van der Waals surface area contributed by atoms with Crippen molar-refractivity contribution in [2.75, 3.05) is 11.9 Å². The predicted octanol–water partition coefficient (Wildman–Crippen LogP) is 2.77. The smallest absolute Gasteiger partial charge is 0.227 e. The Morgan fingerprint density at radius 3 is 3.00 bits per heavy atom. The van der Waals surface area contributed by atoms with Gasteiger partial charge in [-0.1, -0.05) is 6.07 Å². The Morgan fingerprint density at radius 1 is 1.28 bits per heavy atom. The van der Waals surface area contributed by atoms with Crippen LogP contribution in [0.1, 0.15) is 16.8 Å². The van der Waals surface area contributed by atoms with Gasteiger partial charge >= 0.3 is 0 Å². The summed E-state index contributed by atoms with van der Waals surface area (Å²) in [6.07, 6.45) is 2.77. The topological polar surface area (TPSA) is 47.0 Å². The van der Waals surface area contributed by atoms with E-state index in [4.69, 9.17) is 4.74 Å². The van der Waals surface area contributed by atoms with E-state index in [-0.39, 0.29) is 0 Å². The van der Waals surface area contributed by atoms with Crippen LogP contribution in [0, 0.1) is 13.8 Å². The molecule has 0 radical (unpaired) electrons. The van der Waals surface area contributed by atoms with Crippen molar-refractivity contribution < 1.29 is 4.74 Å². The molecule has 1 N–H and O–H groups in total. The van der Waals surface area contributed by atoms with Crippen LogP contribution in [0.2, 0.25) is 0 Å². The van der Waals surface area contributed by atoms with Crippen molar-refractivity contribution >= 4 is 11.6 Å². The number of hydrogen-bond donors (Lipinski definition) is 1. The van der Waals surface area contributed by atoms with Gasteiger partial charge < -0.3 is 10.1 Å². The van der Waals surface area contributed by atoms with E-state index in [2.05, 4.69) is 15.3 Å². The fourth-order valence-corrected chi connectivity index (χ4v) is 2.05. The first kappa shape index (κ1) is 11.0. The highest BCUT2D eigenvalue weighted by molar-refractivity contribution is 5.63. The van der Waals surface area contributed by atoms with E-state index in [1.165, 1.54) is 5.56 Å². The summed E-state index contributed by atoms with van der Waals surface area (Å²) in [6.45, 7) is 4.75. The molecule has 3 rings (SSSR count). The molecule has 1 aliphatic rings. The van der Waals surface area contributed by atoms with E-state index in [1.54, 1.807) is 0 Å². The van der Waals surface area contributed by atoms with E-state index < -0.39 is 0 Å². The van der Waals surface area contributed by atoms with Gasteiger partial charge in [0.2, 0.25) is 5.95 Å². The first-order valence-electron chi connectivity index (χ1n) is 6.06. The number of hydrogen-bond acceptors (Lipinski definition) is 4. The maximum absolute atomic E-state index is 5.54. The van der Waals surface area contributed by atoms with Crippen molar-refractivity contribution in [3.05, 3.63) is 41.2 Å². The van der Waals surface area contributed by atoms with Crippen LogP contribution in [0.5, 0.6) is 5.75 Å². The van der Waals surface area contributed by atoms with Crippen LogP contribution < -0.4 is 10.1 Å². The Morgan fingerprint density at radius 2 is 2.17 bits per heavy atom. The molecular formula is C14H15N3O. The van der Waals surface area contributed by atoms with Crippen molar-refractivity contribution in [3.8, 4) is 5.75 Å². The fourth-order valence-electron chi connectivity index (χ4n) is 2.05. The maximum atomic E-state index is 5.54. The molecule has 0 aliphatic carbocycles. The summed E-state index contributed by atoms with van der Waals surface area (Å²) in [7, 11) is 0. The molecule has 0 saturated carbocycles. The Hall–Kier alpha value is -2.10. The van der Waals surface area contributed by atoms with Crippen molar-refractivity contribution in [2.45, 2.75) is 20.3 Å². The summed E-state index contributed by atoms with van der Waals surface area (Å²) in [4.78, 5) is 8.73. The molecule has 92 valence electrons. The van der Waals surface area contributed by atoms with Crippen LogP contribution >= 0.6 is 0 Å². The average Bonchev–Trinajstić information content (AvgIpc) is 2.83. The minimum atomic E-state index is 0.637. The zero-order chi connectivity index (χ0) is 12.5. The van der Waals surface area contributed by atoms with Gasteiger partial charge in [-0.25, -0.2) is 9.97 Å². The molecule has 4 heteroatoms. The van der Waals surface area contributed by atoms with Crippen LogP contribution in [0.4, 0.5) is 11.6 Å². The highest BCUT2D eigenvalue weighted by Gasteiger charge is 2.16. The summed E-state index contributed by atoms with van der Waals surface area (Å²) >= 11 is 0. The highest BCUT2D eigenvalue weighted by atomic mass is 16.5. The molecule has 0 unspecified atom stereocenters. The summed E-state index contributed by atoms with van der Waals surface area (Å²) in [5.74, 6) is 1.60. The highest BCUT2D eigenvalue weighted by Crippen LogP contribution is 2.32. The number of fused-ring (bicyclic) bond motifs is 1. The largest absolute Gasteiger partial charge is 0.493 e. The van der Waals surface area contributed by atoms with Crippen molar-refractivity contribution in [1.29, 1.82) is 0 Å². The third-order valence-electron chi connectivity index (χ3n) is 3.21. The molecule has 2 aromatic rings. The number of benzene rings is 1. The minimum Gasteiger partial charge on any atom is -0.493 e. The van der Waals surface area contributed by atoms with Crippen molar-refractivity contribution in [1.82, 2.24) is 9.97 Å². The molecule has 0 saturated heterocycles. The number of aromatic nitrogens is 2. The Balaban J connectivity index is 1.93. The van der Waals surface area contributed by atoms with E-state index >= 15 is 0 Å². The molecule has 0 spiro atoms. The van der Waals surface area contributed by atoms with Crippen LogP contribution in [0.25, 0.3) is 0 Å². The van der Waals surface area contributed by atoms with Gasteiger partial charge in [0.15, 0.2) is 0 Å². The van der Waals surface area contributed by atoms with Crippen LogP contribution in [-0.2, 0) is 6.42 Å². The molecule has 18 heavy (non-hydrogen) atoms. The van der Waals surface area contributed by atoms with E-state index in [1.807, 2.05) is 38.2 Å². The Labute approximate surface area is 106 Å². The van der Waals surface area contributed by atoms with Gasteiger partial charge in [-0.2, -0.15) is 0 Å². The van der Waals surface area contributed by atoms with Gasteiger partial charge in [-0.3, -0.25) is 0 Å². The van der Waals surface area contributed by atoms with E-state index in [0.717, 1.165) is 35.7 Å². The van der Waals surface area contributed by atoms with Gasteiger partial charge in [0, 0.05) is 29.6 Å². The van der Waals surface area contributed by atoms with E-state index in [0.29, 0.717) is 5.95 Å². The van der Waals surface area contributed by atoms with Gasteiger partial charge in [0.1, 0.15) is 5.75 Å². The summed E-state index contributed by atoms with van der Waals surface area (Å²) in [5.41, 5.74) is 4.34. The molecule has 0 bridgehead atoms. The number of nitrogens with one attached hydrogen (secondary N) is 1. The van der Waals surface area contributed by atoms with Crippen LogP contribution in [-0.4, -0.2) is 16.6 Å².